The third kappa shape index (κ3) is 16.8. The fourth-order valence-electron chi connectivity index (χ4n) is 3.39. The predicted molar refractivity (Wildman–Crippen MR) is 121 cm³/mol. The van der Waals surface area contributed by atoms with Crippen molar-refractivity contribution in [2.45, 2.75) is 109 Å². The molecule has 1 saturated heterocycles. The highest BCUT2D eigenvalue weighted by atomic mass is 16.6. The molecule has 27 heavy (non-hydrogen) atoms. The first kappa shape index (κ1) is 24.0. The van der Waals surface area contributed by atoms with E-state index < -0.39 is 0 Å². The second-order valence-corrected chi connectivity index (χ2v) is 7.96. The second kappa shape index (κ2) is 18.3. The lowest BCUT2D eigenvalue weighted by Crippen LogP contribution is -1.86. The molecular weight excluding hydrogens is 328 g/mol. The van der Waals surface area contributed by atoms with E-state index in [1.165, 1.54) is 102 Å². The molecule has 0 amide bonds. The number of epoxide rings is 1. The molecule has 0 N–H and O–H groups in total. The van der Waals surface area contributed by atoms with Crippen LogP contribution in [0.25, 0.3) is 6.08 Å². The van der Waals surface area contributed by atoms with E-state index in [9.17, 15) is 0 Å². The van der Waals surface area contributed by atoms with Gasteiger partial charge in [-0.1, -0.05) is 140 Å². The lowest BCUT2D eigenvalue weighted by atomic mass is 10.0. The summed E-state index contributed by atoms with van der Waals surface area (Å²) in [5.41, 5.74) is 1.17. The fraction of sp³-hybridized carbons (Fsp3) is 0.692. The average molecular weight is 373 g/mol. The lowest BCUT2D eigenvalue weighted by Gasteiger charge is -2.03. The smallest absolute Gasteiger partial charge is 0.0810 e. The average Bonchev–Trinajstić information content (AvgIpc) is 3.54. The topological polar surface area (TPSA) is 12.5 Å². The number of hydrogen-bond donors (Lipinski definition) is 0. The van der Waals surface area contributed by atoms with Gasteiger partial charge < -0.3 is 4.74 Å². The van der Waals surface area contributed by atoms with Crippen LogP contribution in [0.2, 0.25) is 0 Å². The van der Waals surface area contributed by atoms with Crippen molar-refractivity contribution in [2.75, 3.05) is 6.61 Å². The van der Waals surface area contributed by atoms with Gasteiger partial charge in [-0.15, -0.1) is 0 Å². The third-order valence-electron chi connectivity index (χ3n) is 5.32. The summed E-state index contributed by atoms with van der Waals surface area (Å²) in [6.45, 7) is 6.96. The zero-order valence-corrected chi connectivity index (χ0v) is 18.0. The Morgan fingerprint density at radius 1 is 0.778 bits per heavy atom. The molecule has 1 aromatic carbocycles. The number of hydrogen-bond acceptors (Lipinski definition) is 1. The first-order valence-electron chi connectivity index (χ1n) is 11.7. The van der Waals surface area contributed by atoms with Gasteiger partial charge in [0.15, 0.2) is 0 Å². The van der Waals surface area contributed by atoms with Crippen LogP contribution in [0.1, 0.15) is 109 Å². The van der Waals surface area contributed by atoms with Crippen LogP contribution >= 0.6 is 0 Å². The van der Waals surface area contributed by atoms with Crippen molar-refractivity contribution in [1.29, 1.82) is 0 Å². The molecule has 0 radical (unpaired) electrons. The molecule has 1 aromatic rings. The summed E-state index contributed by atoms with van der Waals surface area (Å²) in [4.78, 5) is 0. The van der Waals surface area contributed by atoms with E-state index >= 15 is 0 Å². The van der Waals surface area contributed by atoms with Crippen molar-refractivity contribution in [2.24, 2.45) is 0 Å². The van der Waals surface area contributed by atoms with Crippen LogP contribution in [0.4, 0.5) is 0 Å². The highest BCUT2D eigenvalue weighted by molar-refractivity contribution is 5.45. The maximum Gasteiger partial charge on any atom is 0.0810 e. The minimum atomic E-state index is 0.650. The molecule has 2 rings (SSSR count). The van der Waals surface area contributed by atoms with E-state index in [0.717, 1.165) is 6.61 Å². The number of ether oxygens (including phenoxy) is 1. The first-order valence-corrected chi connectivity index (χ1v) is 11.7. The van der Waals surface area contributed by atoms with Gasteiger partial charge in [0.05, 0.1) is 12.7 Å². The van der Waals surface area contributed by atoms with Gasteiger partial charge in [0.2, 0.25) is 0 Å². The molecule has 0 saturated carbocycles. The summed E-state index contributed by atoms with van der Waals surface area (Å²) in [7, 11) is 0. The van der Waals surface area contributed by atoms with E-state index in [-0.39, 0.29) is 0 Å². The van der Waals surface area contributed by atoms with Crippen molar-refractivity contribution in [3.8, 4) is 0 Å². The predicted octanol–water partition coefficient (Wildman–Crippen LogP) is 8.59. The number of rotatable bonds is 16. The molecule has 1 atom stereocenters. The van der Waals surface area contributed by atoms with Crippen molar-refractivity contribution < 1.29 is 4.74 Å². The second-order valence-electron chi connectivity index (χ2n) is 7.96. The van der Waals surface area contributed by atoms with Crippen molar-refractivity contribution >= 4 is 6.08 Å². The summed E-state index contributed by atoms with van der Waals surface area (Å²) in [6, 6.07) is 10.0. The van der Waals surface area contributed by atoms with Crippen LogP contribution in [-0.4, -0.2) is 12.7 Å². The molecule has 0 aromatic heterocycles. The number of benzene rings is 1. The highest BCUT2D eigenvalue weighted by Crippen LogP contribution is 2.18. The molecule has 1 nitrogen and oxygen atoms in total. The Kier molecular flexibility index (Phi) is 16.2. The monoisotopic (exact) mass is 372 g/mol. The highest BCUT2D eigenvalue weighted by Gasteiger charge is 2.20. The molecule has 0 spiro atoms. The van der Waals surface area contributed by atoms with E-state index in [2.05, 4.69) is 13.5 Å². The standard InChI is InChI=1S/C18H36O.C8H8/c1-2-3-4-5-6-7-8-9-10-11-12-13-14-15-16-18-17-19-18;1-2-8-6-4-3-5-7-8/h18H,2-17H2,1H3;2-7H,1H2. The van der Waals surface area contributed by atoms with Crippen LogP contribution in [0.15, 0.2) is 36.9 Å². The van der Waals surface area contributed by atoms with E-state index in [4.69, 9.17) is 4.74 Å². The zero-order valence-electron chi connectivity index (χ0n) is 18.0. The van der Waals surface area contributed by atoms with Crippen LogP contribution < -0.4 is 0 Å². The van der Waals surface area contributed by atoms with Crippen LogP contribution in [0.5, 0.6) is 0 Å². The first-order chi connectivity index (χ1) is 13.4. The Hall–Kier alpha value is -1.08. The molecule has 0 aliphatic carbocycles. The Morgan fingerprint density at radius 2 is 1.22 bits per heavy atom. The van der Waals surface area contributed by atoms with Gasteiger partial charge in [0.1, 0.15) is 0 Å². The molecular formula is C26H44O. The maximum atomic E-state index is 5.22. The Balaban J connectivity index is 0.000000377. The zero-order chi connectivity index (χ0) is 19.4. The Labute approximate surface area is 169 Å². The van der Waals surface area contributed by atoms with Crippen molar-refractivity contribution in [3.63, 3.8) is 0 Å². The van der Waals surface area contributed by atoms with Gasteiger partial charge in [0.25, 0.3) is 0 Å². The largest absolute Gasteiger partial charge is 0.373 e. The minimum Gasteiger partial charge on any atom is -0.373 e. The molecule has 1 heteroatoms. The molecule has 154 valence electrons. The molecule has 1 aliphatic rings. The van der Waals surface area contributed by atoms with Gasteiger partial charge >= 0.3 is 0 Å². The molecule has 0 bridgehead atoms. The maximum absolute atomic E-state index is 5.22. The fourth-order valence-corrected chi connectivity index (χ4v) is 3.39. The third-order valence-corrected chi connectivity index (χ3v) is 5.32. The van der Waals surface area contributed by atoms with Crippen LogP contribution in [-0.2, 0) is 4.74 Å². The number of unbranched alkanes of at least 4 members (excludes halogenated alkanes) is 13. The Morgan fingerprint density at radius 3 is 1.59 bits per heavy atom. The molecule has 1 aliphatic heterocycles. The Bertz CT molecular complexity index is 421. The SMILES string of the molecule is C=Cc1ccccc1.CCCCCCCCCCCCCCCCC1CO1. The molecule has 1 heterocycles. The lowest BCUT2D eigenvalue weighted by molar-refractivity contribution is 0.387. The minimum absolute atomic E-state index is 0.650. The summed E-state index contributed by atoms with van der Waals surface area (Å²) in [5, 5.41) is 0. The van der Waals surface area contributed by atoms with Gasteiger partial charge in [-0.3, -0.25) is 0 Å². The van der Waals surface area contributed by atoms with Crippen LogP contribution in [0.3, 0.4) is 0 Å². The van der Waals surface area contributed by atoms with Crippen LogP contribution in [0, 0.1) is 0 Å². The normalized spacial score (nSPS) is 15.1. The van der Waals surface area contributed by atoms with E-state index in [1.54, 1.807) is 0 Å². The summed E-state index contributed by atoms with van der Waals surface area (Å²) >= 11 is 0. The van der Waals surface area contributed by atoms with Gasteiger partial charge in [-0.2, -0.15) is 0 Å². The van der Waals surface area contributed by atoms with E-state index in [0.29, 0.717) is 6.10 Å². The summed E-state index contributed by atoms with van der Waals surface area (Å²) < 4.78 is 5.22. The van der Waals surface area contributed by atoms with Gasteiger partial charge in [-0.25, -0.2) is 0 Å². The van der Waals surface area contributed by atoms with Gasteiger partial charge in [0, 0.05) is 0 Å². The summed E-state index contributed by atoms with van der Waals surface area (Å²) in [6.07, 6.45) is 24.1. The quantitative estimate of drug-likeness (QED) is 0.209. The molecule has 1 fully saturated rings. The summed E-state index contributed by atoms with van der Waals surface area (Å²) in [5.74, 6) is 0. The van der Waals surface area contributed by atoms with Gasteiger partial charge in [-0.05, 0) is 12.0 Å². The van der Waals surface area contributed by atoms with Crippen molar-refractivity contribution in [1.82, 2.24) is 0 Å². The molecule has 1 unspecified atom stereocenters. The van der Waals surface area contributed by atoms with Crippen molar-refractivity contribution in [3.05, 3.63) is 42.5 Å². The van der Waals surface area contributed by atoms with E-state index in [1.807, 2.05) is 36.4 Å².